The number of hydrogen-bond donors (Lipinski definition) is 0. The highest BCUT2D eigenvalue weighted by Crippen LogP contribution is 2.40. The van der Waals surface area contributed by atoms with Crippen molar-refractivity contribution in [2.45, 2.75) is 4.90 Å². The van der Waals surface area contributed by atoms with Crippen molar-refractivity contribution in [2.24, 2.45) is 0 Å². The molecule has 3 rings (SSSR count). The summed E-state index contributed by atoms with van der Waals surface area (Å²) in [6, 6.07) is 9.04. The monoisotopic (exact) mass is 376 g/mol. The number of hydrogen-bond acceptors (Lipinski definition) is 5. The van der Waals surface area contributed by atoms with Crippen LogP contribution in [0.5, 0.6) is 17.2 Å². The van der Waals surface area contributed by atoms with Crippen molar-refractivity contribution in [3.63, 3.8) is 0 Å². The van der Waals surface area contributed by atoms with Crippen LogP contribution >= 0.6 is 23.4 Å². The van der Waals surface area contributed by atoms with Gasteiger partial charge in [0, 0.05) is 26.8 Å². The molecule has 130 valence electrons. The smallest absolute Gasteiger partial charge is 0.203 e. The normalized spacial score (nSPS) is 15.0. The van der Waals surface area contributed by atoms with Crippen molar-refractivity contribution >= 4 is 35.2 Å². The zero-order valence-electron chi connectivity index (χ0n) is 14.1. The molecule has 4 nitrogen and oxygen atoms in total. The average molecular weight is 377 g/mol. The summed E-state index contributed by atoms with van der Waals surface area (Å²) in [4.78, 5) is 13.7. The maximum atomic E-state index is 12.8. The molecule has 0 fully saturated rings. The Labute approximate surface area is 155 Å². The maximum Gasteiger partial charge on any atom is 0.203 e. The number of rotatable bonds is 4. The van der Waals surface area contributed by atoms with Gasteiger partial charge in [-0.15, -0.1) is 11.8 Å². The Morgan fingerprint density at radius 1 is 1.04 bits per heavy atom. The number of thioether (sulfide) groups is 1. The second kappa shape index (κ2) is 7.42. The quantitative estimate of drug-likeness (QED) is 0.721. The minimum atomic E-state index is -0.00926. The Morgan fingerprint density at radius 2 is 1.72 bits per heavy atom. The molecule has 0 N–H and O–H groups in total. The van der Waals surface area contributed by atoms with Crippen LogP contribution in [0.2, 0.25) is 5.02 Å². The molecule has 0 atom stereocenters. The summed E-state index contributed by atoms with van der Waals surface area (Å²) >= 11 is 7.66. The van der Waals surface area contributed by atoms with Crippen LogP contribution in [-0.2, 0) is 0 Å². The van der Waals surface area contributed by atoms with E-state index in [4.69, 9.17) is 25.8 Å². The highest BCUT2D eigenvalue weighted by molar-refractivity contribution is 7.99. The van der Waals surface area contributed by atoms with E-state index < -0.39 is 0 Å². The number of carbonyl (C=O) groups is 1. The summed E-state index contributed by atoms with van der Waals surface area (Å²) in [6.45, 7) is 0. The number of halogens is 1. The van der Waals surface area contributed by atoms with Crippen molar-refractivity contribution in [3.8, 4) is 17.2 Å². The lowest BCUT2D eigenvalue weighted by atomic mass is 10.0. The Hall–Kier alpha value is -2.11. The highest BCUT2D eigenvalue weighted by Gasteiger charge is 2.23. The third-order valence-corrected chi connectivity index (χ3v) is 5.25. The van der Waals surface area contributed by atoms with Crippen molar-refractivity contribution < 1.29 is 19.0 Å². The van der Waals surface area contributed by atoms with Gasteiger partial charge in [-0.05, 0) is 42.0 Å². The van der Waals surface area contributed by atoms with Gasteiger partial charge in [-0.3, -0.25) is 4.79 Å². The molecule has 2 aromatic carbocycles. The van der Waals surface area contributed by atoms with Gasteiger partial charge in [0.1, 0.15) is 0 Å². The van der Waals surface area contributed by atoms with Gasteiger partial charge in [0.05, 0.1) is 21.3 Å². The number of ketones is 1. The Balaban J connectivity index is 2.02. The van der Waals surface area contributed by atoms with Crippen molar-refractivity contribution in [2.75, 3.05) is 27.1 Å². The van der Waals surface area contributed by atoms with Crippen LogP contribution in [0.15, 0.2) is 40.8 Å². The van der Waals surface area contributed by atoms with Crippen LogP contribution in [0.3, 0.4) is 0 Å². The third kappa shape index (κ3) is 3.48. The van der Waals surface area contributed by atoms with Gasteiger partial charge in [-0.2, -0.15) is 0 Å². The van der Waals surface area contributed by atoms with Gasteiger partial charge in [0.25, 0.3) is 0 Å². The molecule has 0 saturated heterocycles. The van der Waals surface area contributed by atoms with Crippen LogP contribution in [-0.4, -0.2) is 32.9 Å². The minimum absolute atomic E-state index is 0.00926. The van der Waals surface area contributed by atoms with Crippen LogP contribution in [0.25, 0.3) is 6.08 Å². The lowest BCUT2D eigenvalue weighted by Gasteiger charge is -2.18. The molecule has 0 amide bonds. The molecule has 0 saturated carbocycles. The SMILES string of the molecule is COc1cc(/C=C2\CSc3ccc(Cl)cc3C2=O)cc(OC)c1OC. The van der Waals surface area contributed by atoms with Crippen LogP contribution in [0, 0.1) is 0 Å². The van der Waals surface area contributed by atoms with Gasteiger partial charge >= 0.3 is 0 Å². The second-order valence-corrected chi connectivity index (χ2v) is 6.84. The summed E-state index contributed by atoms with van der Waals surface area (Å²) in [7, 11) is 4.68. The topological polar surface area (TPSA) is 44.8 Å². The van der Waals surface area contributed by atoms with Crippen LogP contribution in [0.4, 0.5) is 0 Å². The lowest BCUT2D eigenvalue weighted by molar-refractivity contribution is 0.103. The highest BCUT2D eigenvalue weighted by atomic mass is 35.5. The first-order valence-corrected chi connectivity index (χ1v) is 8.91. The minimum Gasteiger partial charge on any atom is -0.493 e. The zero-order chi connectivity index (χ0) is 18.0. The molecule has 2 aromatic rings. The molecule has 0 aromatic heterocycles. The van der Waals surface area contributed by atoms with Gasteiger partial charge in [0.2, 0.25) is 5.75 Å². The fraction of sp³-hybridized carbons (Fsp3) is 0.211. The van der Waals surface area contributed by atoms with E-state index in [1.54, 1.807) is 45.2 Å². The standard InChI is InChI=1S/C19H17ClO4S/c1-22-15-7-11(8-16(23-2)19(15)24-3)6-12-10-25-17-5-4-13(20)9-14(17)18(12)21/h4-9H,10H2,1-3H3/b12-6+. The summed E-state index contributed by atoms with van der Waals surface area (Å²) in [5.74, 6) is 2.21. The van der Waals surface area contributed by atoms with E-state index >= 15 is 0 Å². The second-order valence-electron chi connectivity index (χ2n) is 5.39. The fourth-order valence-corrected chi connectivity index (χ4v) is 3.86. The van der Waals surface area contributed by atoms with Crippen molar-refractivity contribution in [1.82, 2.24) is 0 Å². The molecule has 0 aliphatic carbocycles. The number of benzene rings is 2. The summed E-state index contributed by atoms with van der Waals surface area (Å²) < 4.78 is 16.1. The number of methoxy groups -OCH3 is 3. The van der Waals surface area contributed by atoms with E-state index in [2.05, 4.69) is 0 Å². The number of Topliss-reactive ketones (excluding diaryl/α,β-unsaturated/α-hetero) is 1. The molecule has 25 heavy (non-hydrogen) atoms. The number of ether oxygens (including phenoxy) is 3. The first-order valence-electron chi connectivity index (χ1n) is 7.55. The zero-order valence-corrected chi connectivity index (χ0v) is 15.7. The molecule has 6 heteroatoms. The molecule has 0 bridgehead atoms. The van der Waals surface area contributed by atoms with Gasteiger partial charge < -0.3 is 14.2 Å². The molecular weight excluding hydrogens is 360 g/mol. The Bertz CT molecular complexity index is 835. The van der Waals surface area contributed by atoms with Crippen molar-refractivity contribution in [1.29, 1.82) is 0 Å². The molecular formula is C19H17ClO4S. The van der Waals surface area contributed by atoms with E-state index in [-0.39, 0.29) is 5.78 Å². The molecule has 1 aliphatic heterocycles. The third-order valence-electron chi connectivity index (χ3n) is 3.89. The first kappa shape index (κ1) is 17.7. The van der Waals surface area contributed by atoms with E-state index in [1.807, 2.05) is 24.3 Å². The average Bonchev–Trinajstić information content (AvgIpc) is 2.63. The van der Waals surface area contributed by atoms with Crippen LogP contribution in [0.1, 0.15) is 15.9 Å². The molecule has 1 aliphatic rings. The molecule has 0 spiro atoms. The Morgan fingerprint density at radius 3 is 2.32 bits per heavy atom. The molecule has 0 unspecified atom stereocenters. The molecule has 0 radical (unpaired) electrons. The summed E-state index contributed by atoms with van der Waals surface area (Å²) in [5.41, 5.74) is 2.15. The van der Waals surface area contributed by atoms with E-state index in [9.17, 15) is 4.79 Å². The summed E-state index contributed by atoms with van der Waals surface area (Å²) in [5, 5.41) is 0.557. The van der Waals surface area contributed by atoms with E-state index in [0.29, 0.717) is 39.2 Å². The van der Waals surface area contributed by atoms with Gasteiger partial charge in [-0.1, -0.05) is 11.6 Å². The van der Waals surface area contributed by atoms with E-state index in [0.717, 1.165) is 10.5 Å². The van der Waals surface area contributed by atoms with Crippen molar-refractivity contribution in [3.05, 3.63) is 52.1 Å². The molecule has 1 heterocycles. The fourth-order valence-electron chi connectivity index (χ4n) is 2.69. The lowest BCUT2D eigenvalue weighted by Crippen LogP contribution is -2.12. The van der Waals surface area contributed by atoms with Gasteiger partial charge in [-0.25, -0.2) is 0 Å². The Kier molecular flexibility index (Phi) is 5.25. The van der Waals surface area contributed by atoms with E-state index in [1.165, 1.54) is 0 Å². The predicted octanol–water partition coefficient (Wildman–Crippen LogP) is 4.74. The van der Waals surface area contributed by atoms with Crippen LogP contribution < -0.4 is 14.2 Å². The number of carbonyl (C=O) groups excluding carboxylic acids is 1. The first-order chi connectivity index (χ1) is 12.1. The maximum absolute atomic E-state index is 12.8. The number of fused-ring (bicyclic) bond motifs is 1. The largest absolute Gasteiger partial charge is 0.493 e. The van der Waals surface area contributed by atoms with Gasteiger partial charge in [0.15, 0.2) is 17.3 Å². The summed E-state index contributed by atoms with van der Waals surface area (Å²) in [6.07, 6.45) is 1.85. The predicted molar refractivity (Wildman–Crippen MR) is 101 cm³/mol.